The van der Waals surface area contributed by atoms with Crippen molar-refractivity contribution >= 4 is 70.9 Å². The van der Waals surface area contributed by atoms with Crippen LogP contribution < -0.4 is 15.6 Å². The minimum absolute atomic E-state index is 0.0568. The van der Waals surface area contributed by atoms with Gasteiger partial charge in [-0.25, -0.2) is 0 Å². The number of morpholine rings is 1. The van der Waals surface area contributed by atoms with Gasteiger partial charge in [0.15, 0.2) is 11.3 Å². The van der Waals surface area contributed by atoms with E-state index in [-0.39, 0.29) is 11.3 Å². The fourth-order valence-corrected chi connectivity index (χ4v) is 7.07. The molecule has 0 unspecified atom stereocenters. The zero-order valence-electron chi connectivity index (χ0n) is 22.5. The monoisotopic (exact) mass is 571 g/mol. The molecule has 2 N–H and O–H groups in total. The lowest BCUT2D eigenvalue weighted by Crippen LogP contribution is -2.36. The van der Waals surface area contributed by atoms with Crippen LogP contribution in [0.1, 0.15) is 10.4 Å². The summed E-state index contributed by atoms with van der Waals surface area (Å²) in [6.07, 6.45) is 1.75. The third-order valence-corrected chi connectivity index (χ3v) is 9.16. The zero-order chi connectivity index (χ0) is 28.2. The number of H-pyrrole nitrogens is 1. The highest BCUT2D eigenvalue weighted by molar-refractivity contribution is 7.26. The molecule has 0 bridgehead atoms. The average molecular weight is 572 g/mol. The van der Waals surface area contributed by atoms with Crippen molar-refractivity contribution in [2.45, 2.75) is 0 Å². The molecule has 42 heavy (non-hydrogen) atoms. The number of ether oxygens (including phenoxy) is 1. The van der Waals surface area contributed by atoms with Gasteiger partial charge in [0.2, 0.25) is 0 Å². The van der Waals surface area contributed by atoms with Gasteiger partial charge in [-0.15, -0.1) is 11.3 Å². The number of carbonyl (C=O) groups excluding carboxylic acids is 1. The molecule has 8 rings (SSSR count). The fraction of sp³-hybridized carbons (Fsp3) is 0.118. The maximum atomic E-state index is 13.2. The van der Waals surface area contributed by atoms with E-state index in [2.05, 4.69) is 27.3 Å². The van der Waals surface area contributed by atoms with Crippen molar-refractivity contribution in [3.63, 3.8) is 0 Å². The Balaban J connectivity index is 1.22. The number of amides is 1. The molecule has 0 aliphatic carbocycles. The molecule has 7 aromatic rings. The van der Waals surface area contributed by atoms with Crippen molar-refractivity contribution in [3.05, 3.63) is 107 Å². The second-order valence-electron chi connectivity index (χ2n) is 10.4. The molecule has 0 atom stereocenters. The summed E-state index contributed by atoms with van der Waals surface area (Å²) >= 11 is 1.69. The molecule has 1 aliphatic rings. The van der Waals surface area contributed by atoms with Crippen molar-refractivity contribution in [1.29, 1.82) is 0 Å². The Labute approximate surface area is 243 Å². The van der Waals surface area contributed by atoms with Gasteiger partial charge in [-0.3, -0.25) is 9.59 Å². The summed E-state index contributed by atoms with van der Waals surface area (Å²) in [5.41, 5.74) is 4.68. The second-order valence-corrected chi connectivity index (χ2v) is 11.5. The Kier molecular flexibility index (Phi) is 5.84. The van der Waals surface area contributed by atoms with Gasteiger partial charge in [0.25, 0.3) is 5.91 Å². The van der Waals surface area contributed by atoms with E-state index >= 15 is 0 Å². The van der Waals surface area contributed by atoms with E-state index in [1.807, 2.05) is 66.7 Å². The lowest BCUT2D eigenvalue weighted by Gasteiger charge is -2.27. The molecule has 7 nitrogen and oxygen atoms in total. The van der Waals surface area contributed by atoms with Gasteiger partial charge in [0, 0.05) is 73.2 Å². The van der Waals surface area contributed by atoms with Gasteiger partial charge < -0.3 is 24.4 Å². The number of aromatic nitrogens is 1. The molecule has 1 saturated heterocycles. The zero-order valence-corrected chi connectivity index (χ0v) is 23.3. The molecule has 4 aromatic carbocycles. The summed E-state index contributed by atoms with van der Waals surface area (Å²) in [4.78, 5) is 31.6. The molecule has 4 heterocycles. The predicted molar refractivity (Wildman–Crippen MR) is 170 cm³/mol. The molecule has 0 saturated carbocycles. The summed E-state index contributed by atoms with van der Waals surface area (Å²) in [7, 11) is 0. The molecule has 0 radical (unpaired) electrons. The van der Waals surface area contributed by atoms with Crippen LogP contribution in [-0.2, 0) is 4.74 Å². The maximum Gasteiger partial charge on any atom is 0.257 e. The van der Waals surface area contributed by atoms with Crippen LogP contribution in [0.4, 0.5) is 11.6 Å². The number of nitrogens with one attached hydrogen (secondary N) is 2. The molecule has 0 spiro atoms. The smallest absolute Gasteiger partial charge is 0.257 e. The SMILES string of the molecule is O=C(Nc1ccc2sc3c(-c4cccc5c(=O)cc(N6CCOCC6)oc45)cccc3c2c1)c1c[nH]c2ccccc12. The van der Waals surface area contributed by atoms with Gasteiger partial charge in [0.05, 0.1) is 24.2 Å². The third-order valence-electron chi connectivity index (χ3n) is 7.94. The van der Waals surface area contributed by atoms with E-state index in [1.54, 1.807) is 23.6 Å². The first kappa shape index (κ1) is 24.8. The van der Waals surface area contributed by atoms with Crippen LogP contribution in [0.2, 0.25) is 0 Å². The van der Waals surface area contributed by atoms with E-state index in [0.29, 0.717) is 48.7 Å². The summed E-state index contributed by atoms with van der Waals surface area (Å²) in [5.74, 6) is 0.413. The first-order valence-corrected chi connectivity index (χ1v) is 14.7. The van der Waals surface area contributed by atoms with E-state index < -0.39 is 0 Å². The summed E-state index contributed by atoms with van der Waals surface area (Å²) in [6, 6.07) is 27.3. The minimum atomic E-state index is -0.158. The Hall–Kier alpha value is -4.92. The first-order valence-electron chi connectivity index (χ1n) is 13.9. The highest BCUT2D eigenvalue weighted by Gasteiger charge is 2.19. The van der Waals surface area contributed by atoms with Crippen molar-refractivity contribution < 1.29 is 13.9 Å². The number of para-hydroxylation sites is 2. The van der Waals surface area contributed by atoms with Crippen LogP contribution in [0.15, 0.2) is 100 Å². The lowest BCUT2D eigenvalue weighted by atomic mass is 10.0. The molecular weight excluding hydrogens is 546 g/mol. The lowest BCUT2D eigenvalue weighted by molar-refractivity contribution is 0.102. The van der Waals surface area contributed by atoms with Crippen LogP contribution in [-0.4, -0.2) is 37.2 Å². The molecule has 1 amide bonds. The quantitative estimate of drug-likeness (QED) is 0.230. The average Bonchev–Trinajstić information content (AvgIpc) is 3.63. The number of hydrogen-bond acceptors (Lipinski definition) is 6. The van der Waals surface area contributed by atoms with E-state index in [9.17, 15) is 9.59 Å². The Morgan fingerprint density at radius 1 is 0.833 bits per heavy atom. The number of hydrogen-bond donors (Lipinski definition) is 2. The molecule has 206 valence electrons. The van der Waals surface area contributed by atoms with Gasteiger partial charge in [-0.05, 0) is 30.3 Å². The molecular formula is C34H25N3O4S. The summed E-state index contributed by atoms with van der Waals surface area (Å²) < 4.78 is 14.1. The van der Waals surface area contributed by atoms with Crippen LogP contribution in [0.25, 0.3) is 53.2 Å². The number of aromatic amines is 1. The van der Waals surface area contributed by atoms with Crippen LogP contribution >= 0.6 is 11.3 Å². The predicted octanol–water partition coefficient (Wildman–Crippen LogP) is 7.40. The molecule has 1 fully saturated rings. The van der Waals surface area contributed by atoms with Crippen LogP contribution in [0.5, 0.6) is 0 Å². The van der Waals surface area contributed by atoms with Crippen molar-refractivity contribution in [3.8, 4) is 11.1 Å². The van der Waals surface area contributed by atoms with Gasteiger partial charge in [0.1, 0.15) is 5.58 Å². The maximum absolute atomic E-state index is 13.2. The third kappa shape index (κ3) is 4.07. The number of anilines is 2. The molecule has 8 heteroatoms. The molecule has 3 aromatic heterocycles. The Bertz CT molecular complexity index is 2220. The second kappa shape index (κ2) is 9.87. The Morgan fingerprint density at radius 3 is 2.50 bits per heavy atom. The number of carbonyl (C=O) groups is 1. The fourth-order valence-electron chi connectivity index (χ4n) is 5.86. The van der Waals surface area contributed by atoms with Crippen LogP contribution in [0.3, 0.4) is 0 Å². The summed E-state index contributed by atoms with van der Waals surface area (Å²) in [5, 5.41) is 6.67. The van der Waals surface area contributed by atoms with Gasteiger partial charge >= 0.3 is 0 Å². The first-order chi connectivity index (χ1) is 20.6. The van der Waals surface area contributed by atoms with Gasteiger partial charge in [-0.2, -0.15) is 0 Å². The van der Waals surface area contributed by atoms with Crippen LogP contribution in [0, 0.1) is 0 Å². The Morgan fingerprint density at radius 2 is 1.62 bits per heavy atom. The minimum Gasteiger partial charge on any atom is -0.440 e. The summed E-state index contributed by atoms with van der Waals surface area (Å²) in [6.45, 7) is 2.58. The van der Waals surface area contributed by atoms with E-state index in [4.69, 9.17) is 9.15 Å². The number of benzene rings is 4. The number of nitrogens with zero attached hydrogens (tertiary/aromatic N) is 1. The number of thiophene rings is 1. The van der Waals surface area contributed by atoms with Crippen molar-refractivity contribution in [1.82, 2.24) is 4.98 Å². The van der Waals surface area contributed by atoms with Crippen molar-refractivity contribution in [2.24, 2.45) is 0 Å². The molecule has 1 aliphatic heterocycles. The highest BCUT2D eigenvalue weighted by Crippen LogP contribution is 2.42. The normalized spacial score (nSPS) is 13.9. The largest absolute Gasteiger partial charge is 0.440 e. The number of rotatable bonds is 4. The van der Waals surface area contributed by atoms with Gasteiger partial charge in [-0.1, -0.05) is 48.5 Å². The number of fused-ring (bicyclic) bond motifs is 5. The standard InChI is InChI=1S/C34H25N3O4S/c38-29-18-31(37-13-15-40-16-14-37)41-32-22(6-3-9-25(29)32)23-7-4-8-24-26-17-20(11-12-30(26)42-33(23)24)36-34(39)27-19-35-28-10-2-1-5-21(27)28/h1-12,17-19,35H,13-16H2,(H,36,39). The van der Waals surface area contributed by atoms with Crippen molar-refractivity contribution in [2.75, 3.05) is 36.5 Å². The van der Waals surface area contributed by atoms with E-state index in [0.717, 1.165) is 47.9 Å². The topological polar surface area (TPSA) is 87.6 Å². The highest BCUT2D eigenvalue weighted by atomic mass is 32.1. The van der Waals surface area contributed by atoms with E-state index in [1.165, 1.54) is 0 Å².